The lowest BCUT2D eigenvalue weighted by molar-refractivity contribution is -0.127. The van der Waals surface area contributed by atoms with E-state index in [9.17, 15) is 9.59 Å². The molecule has 1 heterocycles. The molecule has 0 radical (unpaired) electrons. The molecule has 2 aromatic carbocycles. The van der Waals surface area contributed by atoms with E-state index in [1.54, 1.807) is 0 Å². The van der Waals surface area contributed by atoms with Gasteiger partial charge in [0.15, 0.2) is 0 Å². The molecule has 2 N–H and O–H groups in total. The molecule has 6 heteroatoms. The van der Waals surface area contributed by atoms with Crippen molar-refractivity contribution in [2.75, 3.05) is 38.0 Å². The maximum Gasteiger partial charge on any atom is 0.238 e. The van der Waals surface area contributed by atoms with Crippen molar-refractivity contribution in [2.45, 2.75) is 39.8 Å². The van der Waals surface area contributed by atoms with Crippen molar-refractivity contribution in [3.8, 4) is 0 Å². The molecule has 1 aliphatic rings. The summed E-state index contributed by atoms with van der Waals surface area (Å²) in [5.41, 5.74) is 4.15. The van der Waals surface area contributed by atoms with Gasteiger partial charge in [-0.2, -0.15) is 0 Å². The van der Waals surface area contributed by atoms with Gasteiger partial charge in [0.25, 0.3) is 0 Å². The van der Waals surface area contributed by atoms with Crippen molar-refractivity contribution in [1.82, 2.24) is 15.1 Å². The molecule has 0 saturated carbocycles. The number of hydrogen-bond acceptors (Lipinski definition) is 4. The lowest BCUT2D eigenvalue weighted by atomic mass is 10.1. The van der Waals surface area contributed by atoms with E-state index in [0.717, 1.165) is 48.6 Å². The molecule has 0 aliphatic carbocycles. The standard InChI is InChI=1S/C25H34N4O2/c1-18-9-8-10-19(2)24(18)27-23(30)17-28-13-15-29(16-14-28)21(4)25(31)26-20(3)22-11-6-5-7-12-22/h5-12,20-21H,13-17H2,1-4H3,(H,26,31)(H,27,30)/t20-,21-/m1/s1. The van der Waals surface area contributed by atoms with Gasteiger partial charge in [-0.05, 0) is 44.4 Å². The van der Waals surface area contributed by atoms with Crippen molar-refractivity contribution in [3.05, 3.63) is 65.2 Å². The highest BCUT2D eigenvalue weighted by atomic mass is 16.2. The van der Waals surface area contributed by atoms with Crippen LogP contribution in [0.3, 0.4) is 0 Å². The van der Waals surface area contributed by atoms with Crippen LogP contribution >= 0.6 is 0 Å². The van der Waals surface area contributed by atoms with Gasteiger partial charge in [0, 0.05) is 31.9 Å². The number of benzene rings is 2. The van der Waals surface area contributed by atoms with Gasteiger partial charge in [-0.15, -0.1) is 0 Å². The largest absolute Gasteiger partial charge is 0.348 e. The summed E-state index contributed by atoms with van der Waals surface area (Å²) >= 11 is 0. The maximum absolute atomic E-state index is 12.7. The van der Waals surface area contributed by atoms with Crippen LogP contribution in [0.25, 0.3) is 0 Å². The molecule has 3 rings (SSSR count). The average molecular weight is 423 g/mol. The smallest absolute Gasteiger partial charge is 0.238 e. The van der Waals surface area contributed by atoms with Crippen LogP contribution in [0.2, 0.25) is 0 Å². The molecule has 0 bridgehead atoms. The summed E-state index contributed by atoms with van der Waals surface area (Å²) in [6.07, 6.45) is 0. The SMILES string of the molecule is Cc1cccc(C)c1NC(=O)CN1CCN([C@H](C)C(=O)N[C@H](C)c2ccccc2)CC1. The van der Waals surface area contributed by atoms with Crippen molar-refractivity contribution in [3.63, 3.8) is 0 Å². The van der Waals surface area contributed by atoms with E-state index in [0.29, 0.717) is 6.54 Å². The van der Waals surface area contributed by atoms with Gasteiger partial charge in [0.2, 0.25) is 11.8 Å². The van der Waals surface area contributed by atoms with Crippen LogP contribution in [0, 0.1) is 13.8 Å². The molecule has 2 atom stereocenters. The van der Waals surface area contributed by atoms with Crippen LogP contribution in [0.5, 0.6) is 0 Å². The third kappa shape index (κ3) is 6.15. The highest BCUT2D eigenvalue weighted by Crippen LogP contribution is 2.19. The number of hydrogen-bond donors (Lipinski definition) is 2. The van der Waals surface area contributed by atoms with Crippen LogP contribution in [0.1, 0.15) is 36.6 Å². The van der Waals surface area contributed by atoms with E-state index in [1.165, 1.54) is 0 Å². The molecule has 0 aromatic heterocycles. The number of carbonyl (C=O) groups is 2. The lowest BCUT2D eigenvalue weighted by Gasteiger charge is -2.37. The quantitative estimate of drug-likeness (QED) is 0.720. The molecular weight excluding hydrogens is 388 g/mol. The number of aryl methyl sites for hydroxylation is 2. The highest BCUT2D eigenvalue weighted by molar-refractivity contribution is 5.93. The number of rotatable bonds is 7. The molecule has 31 heavy (non-hydrogen) atoms. The van der Waals surface area contributed by atoms with Gasteiger partial charge >= 0.3 is 0 Å². The van der Waals surface area contributed by atoms with E-state index < -0.39 is 0 Å². The van der Waals surface area contributed by atoms with Crippen LogP contribution in [-0.2, 0) is 9.59 Å². The number of amides is 2. The average Bonchev–Trinajstić information content (AvgIpc) is 2.77. The Balaban J connectivity index is 1.45. The molecular formula is C25H34N4O2. The third-order valence-corrected chi connectivity index (χ3v) is 6.11. The first-order valence-electron chi connectivity index (χ1n) is 11.0. The predicted octanol–water partition coefficient (Wildman–Crippen LogP) is 3.13. The van der Waals surface area contributed by atoms with Gasteiger partial charge in [-0.3, -0.25) is 19.4 Å². The Bertz CT molecular complexity index is 871. The van der Waals surface area contributed by atoms with Gasteiger partial charge in [0.1, 0.15) is 0 Å². The molecule has 6 nitrogen and oxygen atoms in total. The third-order valence-electron chi connectivity index (χ3n) is 6.11. The Morgan fingerprint density at radius 3 is 2.13 bits per heavy atom. The number of anilines is 1. The number of piperazine rings is 1. The van der Waals surface area contributed by atoms with E-state index in [1.807, 2.05) is 76.2 Å². The summed E-state index contributed by atoms with van der Waals surface area (Å²) in [5, 5.41) is 6.17. The van der Waals surface area contributed by atoms with Crippen LogP contribution < -0.4 is 10.6 Å². The number of nitrogens with one attached hydrogen (secondary N) is 2. The second-order valence-corrected chi connectivity index (χ2v) is 8.44. The highest BCUT2D eigenvalue weighted by Gasteiger charge is 2.27. The second kappa shape index (κ2) is 10.6. The zero-order chi connectivity index (χ0) is 22.4. The van der Waals surface area contributed by atoms with E-state index in [4.69, 9.17) is 0 Å². The minimum absolute atomic E-state index is 0.00771. The fraction of sp³-hybridized carbons (Fsp3) is 0.440. The summed E-state index contributed by atoms with van der Waals surface area (Å²) in [6.45, 7) is 11.4. The van der Waals surface area contributed by atoms with Crippen LogP contribution in [0.15, 0.2) is 48.5 Å². The van der Waals surface area contributed by atoms with Gasteiger partial charge in [-0.25, -0.2) is 0 Å². The zero-order valence-corrected chi connectivity index (χ0v) is 19.0. The van der Waals surface area contributed by atoms with E-state index in [-0.39, 0.29) is 23.9 Å². The molecule has 0 spiro atoms. The van der Waals surface area contributed by atoms with Gasteiger partial charge in [0.05, 0.1) is 18.6 Å². The molecule has 1 aliphatic heterocycles. The Labute approximate surface area is 185 Å². The fourth-order valence-electron chi connectivity index (χ4n) is 4.03. The number of nitrogens with zero attached hydrogens (tertiary/aromatic N) is 2. The Kier molecular flexibility index (Phi) is 7.82. The number of carbonyl (C=O) groups excluding carboxylic acids is 2. The first kappa shape index (κ1) is 23.0. The molecule has 0 unspecified atom stereocenters. The van der Waals surface area contributed by atoms with Crippen molar-refractivity contribution in [1.29, 1.82) is 0 Å². The van der Waals surface area contributed by atoms with Gasteiger partial charge in [-0.1, -0.05) is 48.5 Å². The summed E-state index contributed by atoms with van der Waals surface area (Å²) in [6, 6.07) is 15.8. The number of para-hydroxylation sites is 1. The van der Waals surface area contributed by atoms with Crippen molar-refractivity contribution >= 4 is 17.5 Å². The van der Waals surface area contributed by atoms with E-state index in [2.05, 4.69) is 20.4 Å². The summed E-state index contributed by atoms with van der Waals surface area (Å²) < 4.78 is 0. The normalized spacial score (nSPS) is 17.0. The summed E-state index contributed by atoms with van der Waals surface area (Å²) in [7, 11) is 0. The summed E-state index contributed by atoms with van der Waals surface area (Å²) in [4.78, 5) is 29.6. The predicted molar refractivity (Wildman–Crippen MR) is 125 cm³/mol. The van der Waals surface area contributed by atoms with E-state index >= 15 is 0 Å². The monoisotopic (exact) mass is 422 g/mol. The Morgan fingerprint density at radius 1 is 0.903 bits per heavy atom. The van der Waals surface area contributed by atoms with Crippen LogP contribution in [-0.4, -0.2) is 60.4 Å². The first-order valence-corrected chi connectivity index (χ1v) is 11.0. The fourth-order valence-corrected chi connectivity index (χ4v) is 4.03. The van der Waals surface area contributed by atoms with Crippen molar-refractivity contribution < 1.29 is 9.59 Å². The first-order chi connectivity index (χ1) is 14.8. The van der Waals surface area contributed by atoms with Crippen LogP contribution in [0.4, 0.5) is 5.69 Å². The topological polar surface area (TPSA) is 64.7 Å². The molecule has 1 saturated heterocycles. The molecule has 166 valence electrons. The molecule has 2 amide bonds. The lowest BCUT2D eigenvalue weighted by Crippen LogP contribution is -2.55. The minimum Gasteiger partial charge on any atom is -0.348 e. The van der Waals surface area contributed by atoms with Crippen molar-refractivity contribution in [2.24, 2.45) is 0 Å². The molecule has 2 aromatic rings. The second-order valence-electron chi connectivity index (χ2n) is 8.44. The van der Waals surface area contributed by atoms with Gasteiger partial charge < -0.3 is 10.6 Å². The summed E-state index contributed by atoms with van der Waals surface area (Å²) in [5.74, 6) is 0.0471. The Morgan fingerprint density at radius 2 is 1.52 bits per heavy atom. The Hall–Kier alpha value is -2.70. The zero-order valence-electron chi connectivity index (χ0n) is 19.0. The molecule has 1 fully saturated rings. The maximum atomic E-state index is 12.7. The minimum atomic E-state index is -0.197.